The molecule has 1 aliphatic rings. The van der Waals surface area contributed by atoms with Crippen LogP contribution in [0.1, 0.15) is 74.1 Å². The lowest BCUT2D eigenvalue weighted by molar-refractivity contribution is 0.0952. The highest BCUT2D eigenvalue weighted by atomic mass is 16.1. The predicted octanol–water partition coefficient (Wildman–Crippen LogP) is 3.80. The van der Waals surface area contributed by atoms with Crippen molar-refractivity contribution in [3.63, 3.8) is 0 Å². The lowest BCUT2D eigenvalue weighted by Gasteiger charge is -2.25. The van der Waals surface area contributed by atoms with Crippen LogP contribution in [-0.2, 0) is 13.1 Å². The smallest absolute Gasteiger partial charge is 0.251 e. The van der Waals surface area contributed by atoms with E-state index in [1.54, 1.807) is 6.20 Å². The summed E-state index contributed by atoms with van der Waals surface area (Å²) in [4.78, 5) is 25.1. The molecule has 0 saturated carbocycles. The van der Waals surface area contributed by atoms with Gasteiger partial charge in [0.05, 0.1) is 6.54 Å². The normalized spacial score (nSPS) is 15.9. The van der Waals surface area contributed by atoms with Gasteiger partial charge >= 0.3 is 0 Å². The van der Waals surface area contributed by atoms with Crippen molar-refractivity contribution in [1.82, 2.24) is 30.4 Å². The van der Waals surface area contributed by atoms with Crippen LogP contribution in [0.2, 0.25) is 0 Å². The molecule has 2 aromatic rings. The summed E-state index contributed by atoms with van der Waals surface area (Å²) in [7, 11) is 0. The molecule has 0 bridgehead atoms. The summed E-state index contributed by atoms with van der Waals surface area (Å²) in [6.45, 7) is 12.4. The molecule has 1 aromatic heterocycles. The zero-order chi connectivity index (χ0) is 24.0. The Labute approximate surface area is 205 Å². The molecular formula is C27H44N6O. The lowest BCUT2D eigenvalue weighted by Crippen LogP contribution is -2.37. The molecule has 1 saturated heterocycles. The van der Waals surface area contributed by atoms with E-state index in [4.69, 9.17) is 0 Å². The number of hydrogen-bond acceptors (Lipinski definition) is 5. The van der Waals surface area contributed by atoms with Crippen LogP contribution in [0.25, 0.3) is 0 Å². The number of H-pyrrole nitrogens is 1. The van der Waals surface area contributed by atoms with Gasteiger partial charge in [-0.05, 0) is 82.4 Å². The van der Waals surface area contributed by atoms with E-state index in [9.17, 15) is 4.79 Å². The maximum Gasteiger partial charge on any atom is 0.251 e. The standard InChI is InChI=1S/C27H44N6O/c1-3-17-32(18-4-2)19-6-5-13-31-27(34)24-11-9-23(10-12-24)20-33(21-25-8-7-14-28-25)22-26-29-15-16-30-26/h9-12,15-16,25,28H,3-8,13-14,17-22H2,1-2H3,(H,29,30)(H,31,34)/t25-/m0/s1. The van der Waals surface area contributed by atoms with Crippen LogP contribution < -0.4 is 10.6 Å². The van der Waals surface area contributed by atoms with Gasteiger partial charge in [0.1, 0.15) is 5.82 Å². The summed E-state index contributed by atoms with van der Waals surface area (Å²) >= 11 is 0. The second-order valence-corrected chi connectivity index (χ2v) is 9.50. The largest absolute Gasteiger partial charge is 0.352 e. The Bertz CT molecular complexity index is 795. The van der Waals surface area contributed by atoms with Gasteiger partial charge in [0.2, 0.25) is 0 Å². The zero-order valence-corrected chi connectivity index (χ0v) is 21.2. The van der Waals surface area contributed by atoms with Crippen molar-refractivity contribution in [1.29, 1.82) is 0 Å². The first-order valence-corrected chi connectivity index (χ1v) is 13.2. The molecule has 0 unspecified atom stereocenters. The minimum Gasteiger partial charge on any atom is -0.352 e. The monoisotopic (exact) mass is 468 g/mol. The number of carbonyl (C=O) groups excluding carboxylic acids is 1. The molecule has 7 nitrogen and oxygen atoms in total. The van der Waals surface area contributed by atoms with Crippen LogP contribution in [-0.4, -0.2) is 71.0 Å². The first-order chi connectivity index (χ1) is 16.7. The number of amides is 1. The van der Waals surface area contributed by atoms with E-state index in [0.29, 0.717) is 6.04 Å². The zero-order valence-electron chi connectivity index (χ0n) is 21.2. The summed E-state index contributed by atoms with van der Waals surface area (Å²) in [6.07, 6.45) is 10.7. The van der Waals surface area contributed by atoms with Gasteiger partial charge in [-0.2, -0.15) is 0 Å². The van der Waals surface area contributed by atoms with Crippen molar-refractivity contribution in [2.75, 3.05) is 39.3 Å². The minimum absolute atomic E-state index is 0.0214. The molecule has 188 valence electrons. The lowest BCUT2D eigenvalue weighted by atomic mass is 10.1. The van der Waals surface area contributed by atoms with Gasteiger partial charge in [-0.1, -0.05) is 26.0 Å². The number of aromatic nitrogens is 2. The molecule has 2 heterocycles. The number of hydrogen-bond donors (Lipinski definition) is 3. The number of rotatable bonds is 16. The number of imidazole rings is 1. The van der Waals surface area contributed by atoms with Gasteiger partial charge in [0, 0.05) is 43.6 Å². The quantitative estimate of drug-likeness (QED) is 0.327. The third-order valence-electron chi connectivity index (χ3n) is 6.46. The Morgan fingerprint density at radius 3 is 2.50 bits per heavy atom. The molecule has 1 aliphatic heterocycles. The molecule has 3 N–H and O–H groups in total. The number of nitrogens with zero attached hydrogens (tertiary/aromatic N) is 3. The first kappa shape index (κ1) is 26.4. The fourth-order valence-corrected chi connectivity index (χ4v) is 4.76. The van der Waals surface area contributed by atoms with E-state index in [1.807, 2.05) is 18.3 Å². The summed E-state index contributed by atoms with van der Waals surface area (Å²) in [5, 5.41) is 6.68. The van der Waals surface area contributed by atoms with Gasteiger partial charge in [0.25, 0.3) is 5.91 Å². The molecule has 1 fully saturated rings. The van der Waals surface area contributed by atoms with E-state index in [1.165, 1.54) is 44.3 Å². The first-order valence-electron chi connectivity index (χ1n) is 13.2. The van der Waals surface area contributed by atoms with Crippen molar-refractivity contribution in [2.45, 2.75) is 71.5 Å². The summed E-state index contributed by atoms with van der Waals surface area (Å²) in [5.74, 6) is 1.01. The molecule has 7 heteroatoms. The molecule has 34 heavy (non-hydrogen) atoms. The average Bonchev–Trinajstić information content (AvgIpc) is 3.54. The van der Waals surface area contributed by atoms with Crippen LogP contribution >= 0.6 is 0 Å². The topological polar surface area (TPSA) is 76.3 Å². The Hall–Kier alpha value is -2.22. The SMILES string of the molecule is CCCN(CCC)CCCCNC(=O)c1ccc(CN(Cc2ncc[nH]2)C[C@@H]2CCCN2)cc1. The van der Waals surface area contributed by atoms with E-state index in [2.05, 4.69) is 56.4 Å². The Morgan fingerprint density at radius 1 is 1.06 bits per heavy atom. The Morgan fingerprint density at radius 2 is 1.85 bits per heavy atom. The van der Waals surface area contributed by atoms with Gasteiger partial charge < -0.3 is 20.5 Å². The van der Waals surface area contributed by atoms with Crippen LogP contribution in [0.15, 0.2) is 36.7 Å². The molecule has 1 aromatic carbocycles. The maximum absolute atomic E-state index is 12.6. The van der Waals surface area contributed by atoms with E-state index < -0.39 is 0 Å². The maximum atomic E-state index is 12.6. The van der Waals surface area contributed by atoms with Crippen LogP contribution in [0.5, 0.6) is 0 Å². The molecule has 1 atom stereocenters. The Kier molecular flexibility index (Phi) is 11.6. The van der Waals surface area contributed by atoms with Crippen molar-refractivity contribution in [3.05, 3.63) is 53.6 Å². The highest BCUT2D eigenvalue weighted by Crippen LogP contribution is 2.14. The molecule has 1 amide bonds. The van der Waals surface area contributed by atoms with Gasteiger partial charge in [-0.3, -0.25) is 9.69 Å². The van der Waals surface area contributed by atoms with E-state index in [-0.39, 0.29) is 5.91 Å². The number of aromatic amines is 1. The molecule has 0 aliphatic carbocycles. The molecule has 0 radical (unpaired) electrons. The number of carbonyl (C=O) groups is 1. The Balaban J connectivity index is 1.43. The number of nitrogens with one attached hydrogen (secondary N) is 3. The second-order valence-electron chi connectivity index (χ2n) is 9.50. The number of benzene rings is 1. The predicted molar refractivity (Wildman–Crippen MR) is 139 cm³/mol. The van der Waals surface area contributed by atoms with Gasteiger partial charge in [0.15, 0.2) is 0 Å². The van der Waals surface area contributed by atoms with E-state index in [0.717, 1.165) is 63.5 Å². The van der Waals surface area contributed by atoms with Gasteiger partial charge in [-0.25, -0.2) is 4.98 Å². The number of unbranched alkanes of at least 4 members (excludes halogenated alkanes) is 1. The van der Waals surface area contributed by atoms with Crippen LogP contribution in [0, 0.1) is 0 Å². The summed E-state index contributed by atoms with van der Waals surface area (Å²) in [5.41, 5.74) is 1.95. The van der Waals surface area contributed by atoms with E-state index >= 15 is 0 Å². The second kappa shape index (κ2) is 14.9. The highest BCUT2D eigenvalue weighted by molar-refractivity contribution is 5.94. The fraction of sp³-hybridized carbons (Fsp3) is 0.630. The average molecular weight is 469 g/mol. The summed E-state index contributed by atoms with van der Waals surface area (Å²) < 4.78 is 0. The molecular weight excluding hydrogens is 424 g/mol. The van der Waals surface area contributed by atoms with Crippen molar-refractivity contribution in [3.8, 4) is 0 Å². The molecule has 3 rings (SSSR count). The van der Waals surface area contributed by atoms with Crippen molar-refractivity contribution < 1.29 is 4.79 Å². The van der Waals surface area contributed by atoms with Crippen molar-refractivity contribution in [2.24, 2.45) is 0 Å². The van der Waals surface area contributed by atoms with Gasteiger partial charge in [-0.15, -0.1) is 0 Å². The van der Waals surface area contributed by atoms with Crippen LogP contribution in [0.3, 0.4) is 0 Å². The minimum atomic E-state index is 0.0214. The third kappa shape index (κ3) is 9.20. The van der Waals surface area contributed by atoms with Crippen LogP contribution in [0.4, 0.5) is 0 Å². The fourth-order valence-electron chi connectivity index (χ4n) is 4.76. The third-order valence-corrected chi connectivity index (χ3v) is 6.46. The molecule has 0 spiro atoms. The highest BCUT2D eigenvalue weighted by Gasteiger charge is 2.19. The van der Waals surface area contributed by atoms with Crippen molar-refractivity contribution >= 4 is 5.91 Å². The summed E-state index contributed by atoms with van der Waals surface area (Å²) in [6, 6.07) is 8.61.